The summed E-state index contributed by atoms with van der Waals surface area (Å²) in [5.74, 6) is 0.242. The molecule has 0 saturated carbocycles. The lowest BCUT2D eigenvalue weighted by Gasteiger charge is -2.07. The van der Waals surface area contributed by atoms with Crippen molar-refractivity contribution in [2.75, 3.05) is 6.54 Å². The van der Waals surface area contributed by atoms with Crippen molar-refractivity contribution >= 4 is 43.1 Å². The van der Waals surface area contributed by atoms with Gasteiger partial charge in [0.15, 0.2) is 5.78 Å². The second kappa shape index (κ2) is 4.52. The van der Waals surface area contributed by atoms with E-state index in [4.69, 9.17) is 0 Å². The highest BCUT2D eigenvalue weighted by atomic mass is 79.9. The third kappa shape index (κ3) is 1.94. The highest BCUT2D eigenvalue weighted by Crippen LogP contribution is 2.33. The highest BCUT2D eigenvalue weighted by Gasteiger charge is 2.25. The number of halogens is 1. The second-order valence-electron chi connectivity index (χ2n) is 4.28. The van der Waals surface area contributed by atoms with Crippen molar-refractivity contribution in [1.29, 1.82) is 0 Å². The number of Topliss-reactive ketones (excluding diaryl/α,β-unsaturated/α-hetero) is 1. The number of fused-ring (bicyclic) bond motifs is 1. The Labute approximate surface area is 112 Å². The first kappa shape index (κ1) is 11.4. The standard InChI is InChI=1S/C13H12BrNOS/c14-10-4-1-3-8-9(7-17-13(8)10)12(16)11-5-2-6-15-11/h1,3-4,7,11,15H,2,5-6H2. The maximum atomic E-state index is 12.4. The van der Waals surface area contributed by atoms with Crippen molar-refractivity contribution in [2.45, 2.75) is 18.9 Å². The van der Waals surface area contributed by atoms with Crippen LogP contribution in [0, 0.1) is 0 Å². The minimum Gasteiger partial charge on any atom is -0.307 e. The molecule has 0 bridgehead atoms. The molecule has 2 heterocycles. The van der Waals surface area contributed by atoms with Gasteiger partial charge < -0.3 is 5.32 Å². The third-order valence-corrected chi connectivity index (χ3v) is 5.15. The number of ketones is 1. The molecule has 0 aliphatic carbocycles. The fourth-order valence-corrected chi connectivity index (χ4v) is 3.92. The van der Waals surface area contributed by atoms with Gasteiger partial charge in [-0.3, -0.25) is 4.79 Å². The summed E-state index contributed by atoms with van der Waals surface area (Å²) in [6, 6.07) is 6.05. The Morgan fingerprint density at radius 3 is 3.12 bits per heavy atom. The van der Waals surface area contributed by atoms with E-state index in [1.165, 1.54) is 0 Å². The van der Waals surface area contributed by atoms with Crippen LogP contribution in [0.3, 0.4) is 0 Å². The van der Waals surface area contributed by atoms with Gasteiger partial charge in [-0.1, -0.05) is 12.1 Å². The number of rotatable bonds is 2. The molecule has 1 unspecified atom stereocenters. The van der Waals surface area contributed by atoms with Gasteiger partial charge in [-0.15, -0.1) is 11.3 Å². The molecule has 4 heteroatoms. The van der Waals surface area contributed by atoms with Crippen molar-refractivity contribution in [2.24, 2.45) is 0 Å². The Morgan fingerprint density at radius 2 is 2.35 bits per heavy atom. The average Bonchev–Trinajstić information content (AvgIpc) is 2.98. The first-order valence-electron chi connectivity index (χ1n) is 5.70. The summed E-state index contributed by atoms with van der Waals surface area (Å²) in [5.41, 5.74) is 0.866. The Bertz CT molecular complexity index is 572. The van der Waals surface area contributed by atoms with Crippen molar-refractivity contribution in [3.8, 4) is 0 Å². The largest absolute Gasteiger partial charge is 0.307 e. The van der Waals surface area contributed by atoms with Gasteiger partial charge in [0.05, 0.1) is 6.04 Å². The fraction of sp³-hybridized carbons (Fsp3) is 0.308. The second-order valence-corrected chi connectivity index (χ2v) is 6.01. The lowest BCUT2D eigenvalue weighted by Crippen LogP contribution is -2.30. The minimum absolute atomic E-state index is 0.0202. The summed E-state index contributed by atoms with van der Waals surface area (Å²) in [4.78, 5) is 12.4. The molecule has 1 fully saturated rings. The summed E-state index contributed by atoms with van der Waals surface area (Å²) >= 11 is 5.16. The van der Waals surface area contributed by atoms with Crippen LogP contribution in [0.4, 0.5) is 0 Å². The van der Waals surface area contributed by atoms with Crippen LogP contribution in [-0.4, -0.2) is 18.4 Å². The molecule has 1 N–H and O–H groups in total. The summed E-state index contributed by atoms with van der Waals surface area (Å²) in [6.45, 7) is 0.960. The van der Waals surface area contributed by atoms with E-state index in [9.17, 15) is 4.79 Å². The van der Waals surface area contributed by atoms with E-state index in [-0.39, 0.29) is 11.8 Å². The molecule has 1 aromatic carbocycles. The zero-order valence-corrected chi connectivity index (χ0v) is 11.6. The van der Waals surface area contributed by atoms with Gasteiger partial charge >= 0.3 is 0 Å². The van der Waals surface area contributed by atoms with E-state index in [2.05, 4.69) is 21.2 Å². The summed E-state index contributed by atoms with van der Waals surface area (Å²) < 4.78 is 2.23. The van der Waals surface area contributed by atoms with Crippen LogP contribution in [0.15, 0.2) is 28.1 Å². The predicted octanol–water partition coefficient (Wildman–Crippen LogP) is 3.60. The molecule has 17 heavy (non-hydrogen) atoms. The maximum absolute atomic E-state index is 12.4. The van der Waals surface area contributed by atoms with Crippen LogP contribution in [0.1, 0.15) is 23.2 Å². The molecular weight excluding hydrogens is 298 g/mol. The SMILES string of the molecule is O=C(c1csc2c(Br)cccc12)C1CCCN1. The van der Waals surface area contributed by atoms with Crippen LogP contribution in [0.2, 0.25) is 0 Å². The molecule has 1 aliphatic heterocycles. The number of hydrogen-bond donors (Lipinski definition) is 1. The highest BCUT2D eigenvalue weighted by molar-refractivity contribution is 9.10. The Balaban J connectivity index is 2.05. The van der Waals surface area contributed by atoms with E-state index in [1.54, 1.807) is 11.3 Å². The van der Waals surface area contributed by atoms with Gasteiger partial charge in [0.2, 0.25) is 0 Å². The van der Waals surface area contributed by atoms with E-state index in [0.29, 0.717) is 0 Å². The number of benzene rings is 1. The average molecular weight is 310 g/mol. The predicted molar refractivity (Wildman–Crippen MR) is 74.9 cm³/mol. The zero-order chi connectivity index (χ0) is 11.8. The maximum Gasteiger partial charge on any atom is 0.181 e. The van der Waals surface area contributed by atoms with Crippen LogP contribution in [0.5, 0.6) is 0 Å². The van der Waals surface area contributed by atoms with Crippen LogP contribution in [0.25, 0.3) is 10.1 Å². The van der Waals surface area contributed by atoms with E-state index >= 15 is 0 Å². The molecule has 2 aromatic rings. The van der Waals surface area contributed by atoms with Crippen molar-refractivity contribution in [3.05, 3.63) is 33.6 Å². The Kier molecular flexibility index (Phi) is 3.03. The summed E-state index contributed by atoms with van der Waals surface area (Å²) in [7, 11) is 0. The molecule has 0 amide bonds. The van der Waals surface area contributed by atoms with E-state index < -0.39 is 0 Å². The number of thiophene rings is 1. The normalized spacial score (nSPS) is 19.9. The topological polar surface area (TPSA) is 29.1 Å². The van der Waals surface area contributed by atoms with Gasteiger partial charge in [-0.25, -0.2) is 0 Å². The smallest absolute Gasteiger partial charge is 0.181 e. The van der Waals surface area contributed by atoms with Crippen LogP contribution >= 0.6 is 27.3 Å². The van der Waals surface area contributed by atoms with Crippen molar-refractivity contribution in [3.63, 3.8) is 0 Å². The number of carbonyl (C=O) groups is 1. The van der Waals surface area contributed by atoms with Gasteiger partial charge in [0, 0.05) is 25.5 Å². The van der Waals surface area contributed by atoms with Crippen LogP contribution in [-0.2, 0) is 0 Å². The third-order valence-electron chi connectivity index (χ3n) is 3.19. The lowest BCUT2D eigenvalue weighted by molar-refractivity contribution is 0.0954. The molecule has 1 atom stereocenters. The number of nitrogens with one attached hydrogen (secondary N) is 1. The first-order chi connectivity index (χ1) is 8.27. The van der Waals surface area contributed by atoms with Gasteiger partial charge in [-0.05, 0) is 41.4 Å². The zero-order valence-electron chi connectivity index (χ0n) is 9.20. The molecule has 0 radical (unpaired) electrons. The van der Waals surface area contributed by atoms with Gasteiger partial charge in [0.1, 0.15) is 0 Å². The van der Waals surface area contributed by atoms with E-state index in [1.807, 2.05) is 23.6 Å². The molecule has 1 aliphatic rings. The molecule has 88 valence electrons. The number of hydrogen-bond acceptors (Lipinski definition) is 3. The van der Waals surface area contributed by atoms with Crippen molar-refractivity contribution < 1.29 is 4.79 Å². The van der Waals surface area contributed by atoms with Crippen LogP contribution < -0.4 is 5.32 Å². The molecular formula is C13H12BrNOS. The molecule has 0 spiro atoms. The number of carbonyl (C=O) groups excluding carboxylic acids is 1. The minimum atomic E-state index is 0.0202. The molecule has 3 rings (SSSR count). The molecule has 2 nitrogen and oxygen atoms in total. The first-order valence-corrected chi connectivity index (χ1v) is 7.38. The Hall–Kier alpha value is -0.710. The van der Waals surface area contributed by atoms with Crippen molar-refractivity contribution in [1.82, 2.24) is 5.32 Å². The summed E-state index contributed by atoms with van der Waals surface area (Å²) in [6.07, 6.45) is 2.06. The lowest BCUT2D eigenvalue weighted by atomic mass is 10.0. The monoisotopic (exact) mass is 309 g/mol. The van der Waals surface area contributed by atoms with E-state index in [0.717, 1.165) is 39.5 Å². The quantitative estimate of drug-likeness (QED) is 0.859. The molecule has 1 saturated heterocycles. The van der Waals surface area contributed by atoms with Gasteiger partial charge in [-0.2, -0.15) is 0 Å². The van der Waals surface area contributed by atoms with Gasteiger partial charge in [0.25, 0.3) is 0 Å². The molecule has 1 aromatic heterocycles. The summed E-state index contributed by atoms with van der Waals surface area (Å²) in [5, 5.41) is 6.32. The Morgan fingerprint density at radius 1 is 1.47 bits per heavy atom. The fourth-order valence-electron chi connectivity index (χ4n) is 2.31.